The van der Waals surface area contributed by atoms with E-state index in [1.54, 1.807) is 18.5 Å². The number of ether oxygens (including phenoxy) is 1. The van der Waals surface area contributed by atoms with Crippen LogP contribution in [0.1, 0.15) is 30.0 Å². The van der Waals surface area contributed by atoms with E-state index >= 15 is 4.39 Å². The van der Waals surface area contributed by atoms with E-state index in [9.17, 15) is 5.26 Å². The molecule has 0 unspecified atom stereocenters. The van der Waals surface area contributed by atoms with Crippen molar-refractivity contribution in [3.05, 3.63) is 53.1 Å². The molecule has 5 rings (SSSR count). The summed E-state index contributed by atoms with van der Waals surface area (Å²) in [6, 6.07) is 7.32. The fraction of sp³-hybridized carbons (Fsp3) is 0.320. The number of nitrogens with one attached hydrogen (secondary N) is 1. The minimum atomic E-state index is -0.380. The third-order valence-electron chi connectivity index (χ3n) is 5.98. The molecular formula is C25H24FN7O. The Labute approximate surface area is 196 Å². The predicted molar refractivity (Wildman–Crippen MR) is 127 cm³/mol. The van der Waals surface area contributed by atoms with E-state index in [0.29, 0.717) is 52.7 Å². The summed E-state index contributed by atoms with van der Waals surface area (Å²) in [5.74, 6) is 0.257. The molecular weight excluding hydrogens is 433 g/mol. The Bertz CT molecular complexity index is 1360. The molecule has 4 heterocycles. The number of morpholine rings is 1. The Morgan fingerprint density at radius 1 is 1.15 bits per heavy atom. The number of hydrogen-bond donors (Lipinski definition) is 1. The zero-order chi connectivity index (χ0) is 23.7. The summed E-state index contributed by atoms with van der Waals surface area (Å²) in [6.45, 7) is 6.70. The van der Waals surface area contributed by atoms with Crippen molar-refractivity contribution in [1.29, 1.82) is 5.26 Å². The molecule has 34 heavy (non-hydrogen) atoms. The van der Waals surface area contributed by atoms with Crippen LogP contribution in [0.5, 0.6) is 0 Å². The Kier molecular flexibility index (Phi) is 5.90. The van der Waals surface area contributed by atoms with Gasteiger partial charge in [-0.15, -0.1) is 0 Å². The normalized spacial score (nSPS) is 13.9. The highest BCUT2D eigenvalue weighted by atomic mass is 19.1. The second-order valence-electron chi connectivity index (χ2n) is 8.36. The molecule has 0 saturated carbocycles. The number of anilines is 1. The summed E-state index contributed by atoms with van der Waals surface area (Å²) >= 11 is 0. The van der Waals surface area contributed by atoms with Crippen molar-refractivity contribution in [2.75, 3.05) is 31.2 Å². The summed E-state index contributed by atoms with van der Waals surface area (Å²) in [5, 5.41) is 17.1. The monoisotopic (exact) mass is 457 g/mol. The molecule has 1 aromatic carbocycles. The van der Waals surface area contributed by atoms with Crippen LogP contribution in [0.2, 0.25) is 0 Å². The number of fused-ring (bicyclic) bond motifs is 1. The first-order valence-electron chi connectivity index (χ1n) is 11.3. The van der Waals surface area contributed by atoms with Gasteiger partial charge in [0.1, 0.15) is 23.1 Å². The average Bonchev–Trinajstić information content (AvgIpc) is 3.27. The van der Waals surface area contributed by atoms with Crippen LogP contribution in [0.4, 0.5) is 10.3 Å². The summed E-state index contributed by atoms with van der Waals surface area (Å²) in [5.41, 5.74) is 4.97. The van der Waals surface area contributed by atoms with E-state index in [2.05, 4.69) is 38.1 Å². The Morgan fingerprint density at radius 3 is 2.59 bits per heavy atom. The van der Waals surface area contributed by atoms with Crippen molar-refractivity contribution in [2.24, 2.45) is 0 Å². The Morgan fingerprint density at radius 2 is 1.91 bits per heavy atom. The number of benzene rings is 1. The second-order valence-corrected chi connectivity index (χ2v) is 8.36. The number of halogens is 1. The number of hydrogen-bond acceptors (Lipinski definition) is 7. The number of pyridine rings is 1. The van der Waals surface area contributed by atoms with E-state index in [-0.39, 0.29) is 11.4 Å². The van der Waals surface area contributed by atoms with Crippen molar-refractivity contribution in [2.45, 2.75) is 26.7 Å². The number of nitriles is 1. The lowest BCUT2D eigenvalue weighted by Crippen LogP contribution is -2.37. The average molecular weight is 458 g/mol. The second kappa shape index (κ2) is 9.15. The lowest BCUT2D eigenvalue weighted by atomic mass is 9.96. The van der Waals surface area contributed by atoms with Gasteiger partial charge in [-0.3, -0.25) is 5.10 Å². The molecule has 9 heteroatoms. The highest BCUT2D eigenvalue weighted by Gasteiger charge is 2.20. The minimum Gasteiger partial charge on any atom is -0.378 e. The summed E-state index contributed by atoms with van der Waals surface area (Å²) < 4.78 is 20.6. The van der Waals surface area contributed by atoms with E-state index in [1.165, 1.54) is 6.07 Å². The third-order valence-corrected chi connectivity index (χ3v) is 5.98. The zero-order valence-electron chi connectivity index (χ0n) is 19.1. The van der Waals surface area contributed by atoms with Crippen molar-refractivity contribution in [3.63, 3.8) is 0 Å². The molecule has 1 aliphatic rings. The van der Waals surface area contributed by atoms with Crippen LogP contribution < -0.4 is 4.90 Å². The van der Waals surface area contributed by atoms with Gasteiger partial charge in [0.2, 0.25) is 5.95 Å². The van der Waals surface area contributed by atoms with Gasteiger partial charge in [-0.05, 0) is 36.6 Å². The van der Waals surface area contributed by atoms with Crippen LogP contribution in [-0.2, 0) is 11.2 Å². The maximum atomic E-state index is 15.2. The topological polar surface area (TPSA) is 104 Å². The first-order valence-corrected chi connectivity index (χ1v) is 11.3. The summed E-state index contributed by atoms with van der Waals surface area (Å²) in [4.78, 5) is 15.8. The fourth-order valence-corrected chi connectivity index (χ4v) is 4.34. The lowest BCUT2D eigenvalue weighted by Gasteiger charge is -2.26. The zero-order valence-corrected chi connectivity index (χ0v) is 19.1. The van der Waals surface area contributed by atoms with Crippen molar-refractivity contribution >= 4 is 17.0 Å². The van der Waals surface area contributed by atoms with E-state index in [1.807, 2.05) is 13.0 Å². The molecule has 3 aromatic heterocycles. The molecule has 0 bridgehead atoms. The standard InChI is InChI=1S/C25H24FN7O/c1-3-4-16-9-15(2)21(19(26)10-16)22-17(12-27)11-20-24(30-22)23(32-31-20)18-13-28-25(29-14-18)33-5-7-34-8-6-33/h9-11,13-14H,3-8H2,1-2H3,(H,31,32). The van der Waals surface area contributed by atoms with Crippen LogP contribution >= 0.6 is 0 Å². The first-order chi connectivity index (χ1) is 16.6. The maximum Gasteiger partial charge on any atom is 0.225 e. The van der Waals surface area contributed by atoms with E-state index in [4.69, 9.17) is 9.72 Å². The largest absolute Gasteiger partial charge is 0.378 e. The SMILES string of the molecule is CCCc1cc(C)c(-c2nc3c(-c4cnc(N5CCOCC5)nc4)n[nH]c3cc2C#N)c(F)c1. The highest BCUT2D eigenvalue weighted by Crippen LogP contribution is 2.33. The van der Waals surface area contributed by atoms with Crippen LogP contribution in [0.15, 0.2) is 30.6 Å². The fourth-order valence-electron chi connectivity index (χ4n) is 4.34. The van der Waals surface area contributed by atoms with E-state index in [0.717, 1.165) is 37.1 Å². The molecule has 1 aliphatic heterocycles. The van der Waals surface area contributed by atoms with Crippen LogP contribution in [-0.4, -0.2) is 51.5 Å². The Balaban J connectivity index is 1.58. The van der Waals surface area contributed by atoms with E-state index < -0.39 is 0 Å². The molecule has 0 radical (unpaired) electrons. The van der Waals surface area contributed by atoms with Gasteiger partial charge in [0, 0.05) is 36.6 Å². The number of nitrogens with zero attached hydrogens (tertiary/aromatic N) is 6. The molecule has 1 N–H and O–H groups in total. The molecule has 0 aliphatic carbocycles. The molecule has 1 saturated heterocycles. The highest BCUT2D eigenvalue weighted by molar-refractivity contribution is 5.92. The number of aromatic nitrogens is 5. The minimum absolute atomic E-state index is 0.284. The molecule has 8 nitrogen and oxygen atoms in total. The van der Waals surface area contributed by atoms with Crippen molar-refractivity contribution < 1.29 is 9.13 Å². The maximum absolute atomic E-state index is 15.2. The Hall–Kier alpha value is -3.90. The lowest BCUT2D eigenvalue weighted by molar-refractivity contribution is 0.122. The van der Waals surface area contributed by atoms with Crippen LogP contribution in [0, 0.1) is 24.1 Å². The summed E-state index contributed by atoms with van der Waals surface area (Å²) in [6.07, 6.45) is 5.13. The predicted octanol–water partition coefficient (Wildman–Crippen LogP) is 4.19. The van der Waals surface area contributed by atoms with Gasteiger partial charge in [0.15, 0.2) is 0 Å². The van der Waals surface area contributed by atoms with Gasteiger partial charge in [-0.2, -0.15) is 10.4 Å². The molecule has 4 aromatic rings. The van der Waals surface area contributed by atoms with Crippen molar-refractivity contribution in [3.8, 4) is 28.6 Å². The van der Waals surface area contributed by atoms with Crippen LogP contribution in [0.3, 0.4) is 0 Å². The quantitative estimate of drug-likeness (QED) is 0.479. The van der Waals surface area contributed by atoms with Gasteiger partial charge < -0.3 is 9.64 Å². The van der Waals surface area contributed by atoms with Gasteiger partial charge in [-0.25, -0.2) is 19.3 Å². The number of rotatable bonds is 5. The molecule has 0 spiro atoms. The molecule has 0 atom stereocenters. The molecule has 0 amide bonds. The molecule has 1 fully saturated rings. The van der Waals surface area contributed by atoms with Gasteiger partial charge in [0.05, 0.1) is 30.0 Å². The molecule has 172 valence electrons. The number of aromatic amines is 1. The van der Waals surface area contributed by atoms with Gasteiger partial charge in [-0.1, -0.05) is 19.4 Å². The summed E-state index contributed by atoms with van der Waals surface area (Å²) in [7, 11) is 0. The van der Waals surface area contributed by atoms with Gasteiger partial charge in [0.25, 0.3) is 0 Å². The third kappa shape index (κ3) is 3.97. The van der Waals surface area contributed by atoms with Crippen LogP contribution in [0.25, 0.3) is 33.5 Å². The van der Waals surface area contributed by atoms with Gasteiger partial charge >= 0.3 is 0 Å². The smallest absolute Gasteiger partial charge is 0.225 e. The number of H-pyrrole nitrogens is 1. The number of aryl methyl sites for hydroxylation is 2. The van der Waals surface area contributed by atoms with Crippen molar-refractivity contribution in [1.82, 2.24) is 25.1 Å². The first kappa shape index (κ1) is 21.9.